The van der Waals surface area contributed by atoms with Crippen LogP contribution in [0.1, 0.15) is 6.42 Å². The monoisotopic (exact) mass is 176 g/mol. The lowest BCUT2D eigenvalue weighted by Crippen LogP contribution is -1.99. The normalized spacial score (nSPS) is 31.4. The largest absolute Gasteiger partial charge is 0.318 e. The predicted molar refractivity (Wildman–Crippen MR) is 49.4 cm³/mol. The first-order valence-electron chi connectivity index (χ1n) is 3.27. The van der Waals surface area contributed by atoms with Crippen LogP contribution < -0.4 is 0 Å². The zero-order valence-corrected chi connectivity index (χ0v) is 7.87. The quantitative estimate of drug-likeness (QED) is 0.482. The molecule has 0 saturated carbocycles. The van der Waals surface area contributed by atoms with Crippen LogP contribution in [0.5, 0.6) is 0 Å². The summed E-state index contributed by atoms with van der Waals surface area (Å²) in [5.74, 6) is 0. The molecule has 1 aliphatic carbocycles. The summed E-state index contributed by atoms with van der Waals surface area (Å²) in [6.07, 6.45) is 7.87. The Morgan fingerprint density at radius 2 is 2.10 bits per heavy atom. The Kier molecular flexibility index (Phi) is 3.66. The maximum absolute atomic E-state index is 4.97. The van der Waals surface area contributed by atoms with E-state index in [1.54, 1.807) is 19.2 Å². The fraction of sp³-hybridized carbons (Fsp3) is 0.714. The lowest BCUT2D eigenvalue weighted by atomic mass is 10.3. The Morgan fingerprint density at radius 1 is 1.40 bits per heavy atom. The van der Waals surface area contributed by atoms with E-state index >= 15 is 0 Å². The van der Waals surface area contributed by atoms with Crippen LogP contribution in [-0.4, -0.2) is 23.9 Å². The van der Waals surface area contributed by atoms with Gasteiger partial charge in [-0.3, -0.25) is 0 Å². The van der Waals surface area contributed by atoms with Crippen LogP contribution in [0.15, 0.2) is 12.2 Å². The van der Waals surface area contributed by atoms with E-state index in [0.717, 1.165) is 0 Å². The van der Waals surface area contributed by atoms with E-state index in [0.29, 0.717) is 10.5 Å². The molecule has 0 saturated heterocycles. The second-order valence-electron chi connectivity index (χ2n) is 2.20. The molecule has 10 heavy (non-hydrogen) atoms. The molecule has 0 aromatic rings. The Balaban J connectivity index is 2.24. The van der Waals surface area contributed by atoms with Gasteiger partial charge in [0.05, 0.1) is 12.4 Å². The summed E-state index contributed by atoms with van der Waals surface area (Å²) in [6, 6.07) is 0. The van der Waals surface area contributed by atoms with Gasteiger partial charge >= 0.3 is 0 Å². The van der Waals surface area contributed by atoms with E-state index in [2.05, 4.69) is 18.4 Å². The summed E-state index contributed by atoms with van der Waals surface area (Å²) in [5, 5.41) is 1.30. The highest BCUT2D eigenvalue weighted by atomic mass is 32.2. The molecule has 0 aliphatic heterocycles. The maximum atomic E-state index is 4.97. The average molecular weight is 176 g/mol. The van der Waals surface area contributed by atoms with E-state index in [-0.39, 0.29) is 0 Å². The molecule has 1 aliphatic rings. The van der Waals surface area contributed by atoms with Crippen molar-refractivity contribution in [2.24, 2.45) is 0 Å². The number of hydrogen-bond acceptors (Lipinski definition) is 3. The van der Waals surface area contributed by atoms with Crippen LogP contribution in [0, 0.1) is 0 Å². The summed E-state index contributed by atoms with van der Waals surface area (Å²) in [6.45, 7) is 0. The summed E-state index contributed by atoms with van der Waals surface area (Å²) in [7, 11) is 1.73. The van der Waals surface area contributed by atoms with E-state index in [9.17, 15) is 0 Å². The van der Waals surface area contributed by atoms with Gasteiger partial charge in [-0.1, -0.05) is 12.2 Å². The minimum absolute atomic E-state index is 0.586. The number of hydrogen-bond donors (Lipinski definition) is 0. The van der Waals surface area contributed by atoms with Crippen molar-refractivity contribution in [2.75, 3.05) is 13.4 Å². The number of thioether (sulfide) groups is 1. The molecule has 2 unspecified atom stereocenters. The molecule has 0 radical (unpaired) electrons. The summed E-state index contributed by atoms with van der Waals surface area (Å²) in [5.41, 5.74) is 0. The first-order valence-corrected chi connectivity index (χ1v) is 5.36. The van der Waals surface area contributed by atoms with Crippen molar-refractivity contribution >= 4 is 23.8 Å². The minimum atomic E-state index is 0.586. The second-order valence-corrected chi connectivity index (χ2v) is 4.40. The minimum Gasteiger partial charge on any atom is -0.318 e. The van der Waals surface area contributed by atoms with Gasteiger partial charge in [0.1, 0.15) is 0 Å². The molecule has 0 amide bonds. The van der Waals surface area contributed by atoms with Crippen molar-refractivity contribution in [2.45, 2.75) is 16.9 Å². The Morgan fingerprint density at radius 3 is 2.60 bits per heavy atom. The van der Waals surface area contributed by atoms with Crippen LogP contribution >= 0.6 is 23.8 Å². The van der Waals surface area contributed by atoms with Crippen LogP contribution in [-0.2, 0) is 4.18 Å². The SMILES string of the molecule is COSC1C=CC(SC)C1. The van der Waals surface area contributed by atoms with E-state index in [1.165, 1.54) is 6.42 Å². The highest BCUT2D eigenvalue weighted by Crippen LogP contribution is 2.29. The molecule has 0 heterocycles. The molecule has 0 aromatic carbocycles. The smallest absolute Gasteiger partial charge is 0.0504 e. The molecule has 0 N–H and O–H groups in total. The highest BCUT2D eigenvalue weighted by Gasteiger charge is 2.17. The standard InChI is InChI=1S/C7H12OS2/c1-8-10-7-4-3-6(5-7)9-2/h3-4,6-7H,5H2,1-2H3. The van der Waals surface area contributed by atoms with Crippen molar-refractivity contribution in [3.63, 3.8) is 0 Å². The van der Waals surface area contributed by atoms with Gasteiger partial charge in [-0.05, 0) is 24.7 Å². The molecule has 0 aromatic heterocycles. The van der Waals surface area contributed by atoms with Crippen molar-refractivity contribution in [3.05, 3.63) is 12.2 Å². The Bertz CT molecular complexity index is 125. The van der Waals surface area contributed by atoms with Crippen LogP contribution in [0.3, 0.4) is 0 Å². The summed E-state index contributed by atoms with van der Waals surface area (Å²) < 4.78 is 4.97. The molecule has 0 spiro atoms. The second kappa shape index (κ2) is 4.31. The molecule has 2 atom stereocenters. The van der Waals surface area contributed by atoms with Crippen LogP contribution in [0.25, 0.3) is 0 Å². The zero-order chi connectivity index (χ0) is 7.40. The fourth-order valence-electron chi connectivity index (χ4n) is 1.00. The highest BCUT2D eigenvalue weighted by molar-refractivity contribution is 7.99. The van der Waals surface area contributed by atoms with Gasteiger partial charge in [0.25, 0.3) is 0 Å². The van der Waals surface area contributed by atoms with Crippen LogP contribution in [0.2, 0.25) is 0 Å². The van der Waals surface area contributed by atoms with E-state index in [4.69, 9.17) is 4.18 Å². The van der Waals surface area contributed by atoms with Crippen molar-refractivity contribution in [1.82, 2.24) is 0 Å². The maximum Gasteiger partial charge on any atom is 0.0504 e. The molecular weight excluding hydrogens is 164 g/mol. The molecule has 3 heteroatoms. The van der Waals surface area contributed by atoms with Gasteiger partial charge < -0.3 is 4.18 Å². The van der Waals surface area contributed by atoms with E-state index < -0.39 is 0 Å². The lowest BCUT2D eigenvalue weighted by Gasteiger charge is -2.06. The summed E-state index contributed by atoms with van der Waals surface area (Å²) in [4.78, 5) is 0. The van der Waals surface area contributed by atoms with Crippen molar-refractivity contribution in [1.29, 1.82) is 0 Å². The third kappa shape index (κ3) is 2.22. The van der Waals surface area contributed by atoms with Gasteiger partial charge in [0.2, 0.25) is 0 Å². The molecule has 1 nitrogen and oxygen atoms in total. The molecule has 1 rings (SSSR count). The first kappa shape index (κ1) is 8.50. The first-order chi connectivity index (χ1) is 4.86. The Labute approximate surface area is 70.8 Å². The third-order valence-corrected chi connectivity index (χ3v) is 3.27. The van der Waals surface area contributed by atoms with Gasteiger partial charge in [-0.2, -0.15) is 11.8 Å². The van der Waals surface area contributed by atoms with Gasteiger partial charge in [-0.25, -0.2) is 0 Å². The number of rotatable bonds is 3. The molecule has 0 bridgehead atoms. The topological polar surface area (TPSA) is 9.23 Å². The Hall–Kier alpha value is 0.400. The molecule has 0 fully saturated rings. The van der Waals surface area contributed by atoms with E-state index in [1.807, 2.05) is 11.8 Å². The van der Waals surface area contributed by atoms with Gasteiger partial charge in [0.15, 0.2) is 0 Å². The molecule has 58 valence electrons. The predicted octanol–water partition coefficient (Wildman–Crippen LogP) is 2.34. The van der Waals surface area contributed by atoms with Crippen LogP contribution in [0.4, 0.5) is 0 Å². The third-order valence-electron chi connectivity index (χ3n) is 1.53. The average Bonchev–Trinajstić information content (AvgIpc) is 2.37. The van der Waals surface area contributed by atoms with Crippen molar-refractivity contribution < 1.29 is 4.18 Å². The lowest BCUT2D eigenvalue weighted by molar-refractivity contribution is 0.486. The summed E-state index contributed by atoms with van der Waals surface area (Å²) >= 11 is 3.46. The molecular formula is C7H12OS2. The van der Waals surface area contributed by atoms with Gasteiger partial charge in [0, 0.05) is 5.25 Å². The van der Waals surface area contributed by atoms with Gasteiger partial charge in [-0.15, -0.1) is 0 Å². The fourth-order valence-corrected chi connectivity index (χ4v) is 2.46. The van der Waals surface area contributed by atoms with Crippen molar-refractivity contribution in [3.8, 4) is 0 Å². The zero-order valence-electron chi connectivity index (χ0n) is 6.24.